The fourth-order valence-corrected chi connectivity index (χ4v) is 2.62. The summed E-state index contributed by atoms with van der Waals surface area (Å²) in [5.74, 6) is 0.192. The van der Waals surface area contributed by atoms with E-state index in [0.717, 1.165) is 43.6 Å². The van der Waals surface area contributed by atoms with Crippen molar-refractivity contribution in [1.82, 2.24) is 15.6 Å². The lowest BCUT2D eigenvalue weighted by atomic mass is 9.76. The van der Waals surface area contributed by atoms with Gasteiger partial charge in [-0.2, -0.15) is 0 Å². The summed E-state index contributed by atoms with van der Waals surface area (Å²) < 4.78 is 0. The highest BCUT2D eigenvalue weighted by Gasteiger charge is 2.37. The first-order valence-electron chi connectivity index (χ1n) is 7.07. The van der Waals surface area contributed by atoms with Gasteiger partial charge in [-0.15, -0.1) is 0 Å². The maximum atomic E-state index is 12.4. The molecule has 0 saturated carbocycles. The smallest absolute Gasteiger partial charge is 0.226 e. The molecule has 104 valence electrons. The summed E-state index contributed by atoms with van der Waals surface area (Å²) in [6.45, 7) is 6.52. The van der Waals surface area contributed by atoms with E-state index in [0.29, 0.717) is 6.54 Å². The number of piperidine rings is 1. The third kappa shape index (κ3) is 3.32. The van der Waals surface area contributed by atoms with Gasteiger partial charge in [0.1, 0.15) is 0 Å². The van der Waals surface area contributed by atoms with E-state index in [9.17, 15) is 4.79 Å². The molecule has 1 aliphatic rings. The number of pyridine rings is 1. The maximum Gasteiger partial charge on any atom is 0.226 e. The molecule has 1 aromatic heterocycles. The van der Waals surface area contributed by atoms with Crippen LogP contribution in [0.2, 0.25) is 0 Å². The lowest BCUT2D eigenvalue weighted by Gasteiger charge is -2.35. The molecule has 0 radical (unpaired) electrons. The summed E-state index contributed by atoms with van der Waals surface area (Å²) in [7, 11) is 0. The summed E-state index contributed by atoms with van der Waals surface area (Å²) in [6.07, 6.45) is 4.60. The molecule has 4 nitrogen and oxygen atoms in total. The quantitative estimate of drug-likeness (QED) is 0.869. The molecule has 2 heterocycles. The standard InChI is InChI=1S/C15H23N3O/c1-3-15(6-8-16-9-7-15)14(19)18-11-13-5-4-12(2)17-10-13/h4-5,10,16H,3,6-9,11H2,1-2H3,(H,18,19). The Morgan fingerprint density at radius 2 is 2.16 bits per heavy atom. The van der Waals surface area contributed by atoms with E-state index < -0.39 is 0 Å². The van der Waals surface area contributed by atoms with Gasteiger partial charge in [-0.05, 0) is 50.9 Å². The second kappa shape index (κ2) is 6.15. The summed E-state index contributed by atoms with van der Waals surface area (Å²) in [4.78, 5) is 16.7. The Balaban J connectivity index is 1.94. The van der Waals surface area contributed by atoms with Crippen molar-refractivity contribution in [2.24, 2.45) is 5.41 Å². The second-order valence-electron chi connectivity index (χ2n) is 5.37. The predicted molar refractivity (Wildman–Crippen MR) is 75.6 cm³/mol. The average molecular weight is 261 g/mol. The zero-order chi connectivity index (χ0) is 13.7. The van der Waals surface area contributed by atoms with E-state index in [2.05, 4.69) is 22.5 Å². The van der Waals surface area contributed by atoms with Gasteiger partial charge >= 0.3 is 0 Å². The first-order valence-corrected chi connectivity index (χ1v) is 7.07. The number of amides is 1. The van der Waals surface area contributed by atoms with Gasteiger partial charge in [-0.1, -0.05) is 13.0 Å². The molecule has 1 aliphatic heterocycles. The van der Waals surface area contributed by atoms with E-state index >= 15 is 0 Å². The number of hydrogen-bond acceptors (Lipinski definition) is 3. The van der Waals surface area contributed by atoms with Gasteiger partial charge in [0.15, 0.2) is 0 Å². The van der Waals surface area contributed by atoms with Crippen LogP contribution in [0.25, 0.3) is 0 Å². The molecule has 4 heteroatoms. The fourth-order valence-electron chi connectivity index (χ4n) is 2.62. The Morgan fingerprint density at radius 3 is 2.74 bits per heavy atom. The first kappa shape index (κ1) is 14.0. The number of rotatable bonds is 4. The molecule has 19 heavy (non-hydrogen) atoms. The molecule has 0 atom stereocenters. The second-order valence-corrected chi connectivity index (χ2v) is 5.37. The maximum absolute atomic E-state index is 12.4. The van der Waals surface area contributed by atoms with Crippen molar-refractivity contribution in [3.63, 3.8) is 0 Å². The van der Waals surface area contributed by atoms with Crippen LogP contribution in [0.4, 0.5) is 0 Å². The van der Waals surface area contributed by atoms with E-state index in [-0.39, 0.29) is 11.3 Å². The van der Waals surface area contributed by atoms with Gasteiger partial charge in [0.05, 0.1) is 5.41 Å². The Hall–Kier alpha value is -1.42. The van der Waals surface area contributed by atoms with E-state index in [1.54, 1.807) is 0 Å². The van der Waals surface area contributed by atoms with Gasteiger partial charge < -0.3 is 10.6 Å². The fraction of sp³-hybridized carbons (Fsp3) is 0.600. The van der Waals surface area contributed by atoms with E-state index in [1.807, 2.05) is 25.3 Å². The van der Waals surface area contributed by atoms with Crippen molar-refractivity contribution < 1.29 is 4.79 Å². The normalized spacial score (nSPS) is 18.0. The van der Waals surface area contributed by atoms with Crippen LogP contribution in [-0.2, 0) is 11.3 Å². The van der Waals surface area contributed by atoms with Crippen LogP contribution in [0.15, 0.2) is 18.3 Å². The van der Waals surface area contributed by atoms with Gasteiger partial charge in [0.25, 0.3) is 0 Å². The summed E-state index contributed by atoms with van der Waals surface area (Å²) >= 11 is 0. The number of aromatic nitrogens is 1. The predicted octanol–water partition coefficient (Wildman–Crippen LogP) is 1.79. The molecule has 1 amide bonds. The molecule has 0 bridgehead atoms. The highest BCUT2D eigenvalue weighted by atomic mass is 16.2. The van der Waals surface area contributed by atoms with Crippen molar-refractivity contribution in [3.05, 3.63) is 29.6 Å². The molecule has 0 spiro atoms. The minimum atomic E-state index is -0.177. The van der Waals surface area contributed by atoms with Gasteiger partial charge in [-0.25, -0.2) is 0 Å². The zero-order valence-electron chi connectivity index (χ0n) is 11.8. The minimum Gasteiger partial charge on any atom is -0.351 e. The third-order valence-corrected chi connectivity index (χ3v) is 4.14. The SMILES string of the molecule is CCC1(C(=O)NCc2ccc(C)nc2)CCNCC1. The van der Waals surface area contributed by atoms with Crippen LogP contribution >= 0.6 is 0 Å². The molecule has 0 unspecified atom stereocenters. The monoisotopic (exact) mass is 261 g/mol. The largest absolute Gasteiger partial charge is 0.351 e. The Bertz CT molecular complexity index is 422. The summed E-state index contributed by atoms with van der Waals surface area (Å²) in [5, 5.41) is 6.39. The van der Waals surface area contributed by atoms with Crippen molar-refractivity contribution in [2.75, 3.05) is 13.1 Å². The van der Waals surface area contributed by atoms with Gasteiger partial charge in [0, 0.05) is 18.4 Å². The lowest BCUT2D eigenvalue weighted by molar-refractivity contribution is -0.133. The molecule has 1 saturated heterocycles. The Labute approximate surface area is 115 Å². The highest BCUT2D eigenvalue weighted by Crippen LogP contribution is 2.32. The van der Waals surface area contributed by atoms with Crippen molar-refractivity contribution in [3.8, 4) is 0 Å². The van der Waals surface area contributed by atoms with Crippen LogP contribution in [-0.4, -0.2) is 24.0 Å². The zero-order valence-corrected chi connectivity index (χ0v) is 11.8. The van der Waals surface area contributed by atoms with Crippen molar-refractivity contribution in [1.29, 1.82) is 0 Å². The summed E-state index contributed by atoms with van der Waals surface area (Å²) in [6, 6.07) is 3.99. The van der Waals surface area contributed by atoms with Crippen LogP contribution in [0.5, 0.6) is 0 Å². The van der Waals surface area contributed by atoms with E-state index in [1.165, 1.54) is 0 Å². The molecule has 0 aliphatic carbocycles. The number of nitrogens with one attached hydrogen (secondary N) is 2. The third-order valence-electron chi connectivity index (χ3n) is 4.14. The minimum absolute atomic E-state index is 0.177. The van der Waals surface area contributed by atoms with Gasteiger partial charge in [-0.3, -0.25) is 9.78 Å². The molecule has 1 aromatic rings. The Morgan fingerprint density at radius 1 is 1.42 bits per heavy atom. The average Bonchev–Trinajstić information content (AvgIpc) is 2.47. The molecule has 0 aromatic carbocycles. The Kier molecular flexibility index (Phi) is 4.53. The highest BCUT2D eigenvalue weighted by molar-refractivity contribution is 5.82. The lowest BCUT2D eigenvalue weighted by Crippen LogP contribution is -2.47. The molecular weight excluding hydrogens is 238 g/mol. The van der Waals surface area contributed by atoms with Gasteiger partial charge in [0.2, 0.25) is 5.91 Å². The van der Waals surface area contributed by atoms with Crippen LogP contribution in [0, 0.1) is 12.3 Å². The van der Waals surface area contributed by atoms with Crippen LogP contribution < -0.4 is 10.6 Å². The number of aryl methyl sites for hydroxylation is 1. The molecule has 2 N–H and O–H groups in total. The van der Waals surface area contributed by atoms with E-state index in [4.69, 9.17) is 0 Å². The molecular formula is C15H23N3O. The van der Waals surface area contributed by atoms with Crippen LogP contribution in [0.3, 0.4) is 0 Å². The van der Waals surface area contributed by atoms with Crippen molar-refractivity contribution in [2.45, 2.75) is 39.7 Å². The summed E-state index contributed by atoms with van der Waals surface area (Å²) in [5.41, 5.74) is 1.88. The number of carbonyl (C=O) groups excluding carboxylic acids is 1. The number of carbonyl (C=O) groups is 1. The van der Waals surface area contributed by atoms with Crippen molar-refractivity contribution >= 4 is 5.91 Å². The van der Waals surface area contributed by atoms with Crippen LogP contribution in [0.1, 0.15) is 37.4 Å². The molecule has 2 rings (SSSR count). The topological polar surface area (TPSA) is 54.0 Å². The molecule has 1 fully saturated rings. The first-order chi connectivity index (χ1) is 9.16. The number of hydrogen-bond donors (Lipinski definition) is 2. The number of nitrogens with zero attached hydrogens (tertiary/aromatic N) is 1.